The molecule has 0 bridgehead atoms. The minimum atomic E-state index is -0.493. The summed E-state index contributed by atoms with van der Waals surface area (Å²) < 4.78 is 46.3. The molecule has 0 spiro atoms. The fourth-order valence-electron chi connectivity index (χ4n) is 4.28. The molecule has 3 unspecified atom stereocenters. The Balaban J connectivity index is 1.72. The van der Waals surface area contributed by atoms with Gasteiger partial charge in [0, 0.05) is 14.2 Å². The van der Waals surface area contributed by atoms with E-state index in [0.29, 0.717) is 34.3 Å². The van der Waals surface area contributed by atoms with Gasteiger partial charge in [-0.3, -0.25) is 0 Å². The van der Waals surface area contributed by atoms with Gasteiger partial charge in [-0.05, 0) is 23.8 Å². The van der Waals surface area contributed by atoms with Gasteiger partial charge in [0.2, 0.25) is 12.5 Å². The third kappa shape index (κ3) is 2.60. The lowest BCUT2D eigenvalue weighted by Crippen LogP contribution is -2.37. The van der Waals surface area contributed by atoms with Gasteiger partial charge in [-0.25, -0.2) is 0 Å². The van der Waals surface area contributed by atoms with Gasteiger partial charge in [0.05, 0.1) is 31.4 Å². The molecular weight excluding hydrogens is 392 g/mol. The highest BCUT2D eigenvalue weighted by atomic mass is 16.7. The molecule has 8 heteroatoms. The lowest BCUT2D eigenvalue weighted by atomic mass is 9.90. The first-order chi connectivity index (χ1) is 14.7. The number of methoxy groups -OCH3 is 4. The van der Waals surface area contributed by atoms with Gasteiger partial charge < -0.3 is 37.6 Å². The van der Waals surface area contributed by atoms with Crippen molar-refractivity contribution >= 4 is 11.0 Å². The Morgan fingerprint density at radius 1 is 0.900 bits per heavy atom. The van der Waals surface area contributed by atoms with E-state index < -0.39 is 18.3 Å². The topological polar surface area (TPSA) is 77.8 Å². The maximum Gasteiger partial charge on any atom is 0.231 e. The number of furan rings is 1. The van der Waals surface area contributed by atoms with E-state index in [0.717, 1.165) is 16.5 Å². The first-order valence-corrected chi connectivity index (χ1v) is 9.48. The van der Waals surface area contributed by atoms with Crippen LogP contribution in [0.5, 0.6) is 28.7 Å². The predicted molar refractivity (Wildman–Crippen MR) is 106 cm³/mol. The number of fused-ring (bicyclic) bond motifs is 3. The fraction of sp³-hybridized carbons (Fsp3) is 0.364. The molecule has 2 aliphatic heterocycles. The number of ether oxygens (including phenoxy) is 7. The van der Waals surface area contributed by atoms with Crippen LogP contribution < -0.4 is 23.7 Å². The zero-order valence-corrected chi connectivity index (χ0v) is 17.1. The van der Waals surface area contributed by atoms with Crippen molar-refractivity contribution in [1.29, 1.82) is 0 Å². The Bertz CT molecular complexity index is 1090. The first kappa shape index (κ1) is 18.9. The first-order valence-electron chi connectivity index (χ1n) is 9.48. The van der Waals surface area contributed by atoms with Crippen LogP contribution in [0.4, 0.5) is 0 Å². The maximum atomic E-state index is 6.49. The van der Waals surface area contributed by atoms with Crippen LogP contribution in [-0.4, -0.2) is 41.3 Å². The molecular formula is C22H22O8. The summed E-state index contributed by atoms with van der Waals surface area (Å²) in [5, 5.41) is 0.773. The van der Waals surface area contributed by atoms with Crippen molar-refractivity contribution in [2.24, 2.45) is 0 Å². The van der Waals surface area contributed by atoms with E-state index in [9.17, 15) is 0 Å². The SMILES string of the molecule is COc1c2c(c(OC)c3occc13)OC(c1ccc3c(c1)OCO3)C(OC)C2OC. The lowest BCUT2D eigenvalue weighted by molar-refractivity contribution is -0.107. The van der Waals surface area contributed by atoms with Crippen molar-refractivity contribution in [1.82, 2.24) is 0 Å². The molecule has 2 aromatic carbocycles. The Kier molecular flexibility index (Phi) is 4.60. The minimum absolute atomic E-state index is 0.197. The van der Waals surface area contributed by atoms with Crippen LogP contribution in [0.25, 0.3) is 11.0 Å². The molecule has 0 saturated heterocycles. The highest BCUT2D eigenvalue weighted by Crippen LogP contribution is 2.56. The van der Waals surface area contributed by atoms with Gasteiger partial charge in [-0.2, -0.15) is 0 Å². The fourth-order valence-corrected chi connectivity index (χ4v) is 4.28. The van der Waals surface area contributed by atoms with Crippen LogP contribution in [0.15, 0.2) is 34.9 Å². The van der Waals surface area contributed by atoms with Crippen LogP contribution in [0.3, 0.4) is 0 Å². The van der Waals surface area contributed by atoms with Crippen LogP contribution in [0.2, 0.25) is 0 Å². The van der Waals surface area contributed by atoms with Gasteiger partial charge in [-0.15, -0.1) is 0 Å². The molecule has 0 fully saturated rings. The molecule has 1 aromatic heterocycles. The summed E-state index contributed by atoms with van der Waals surface area (Å²) >= 11 is 0. The van der Waals surface area contributed by atoms with E-state index in [1.54, 1.807) is 34.7 Å². The number of hydrogen-bond donors (Lipinski definition) is 0. The van der Waals surface area contributed by atoms with Crippen molar-refractivity contribution in [2.45, 2.75) is 18.3 Å². The zero-order chi connectivity index (χ0) is 20.8. The molecule has 0 N–H and O–H groups in total. The summed E-state index contributed by atoms with van der Waals surface area (Å²) in [5.74, 6) is 2.95. The molecule has 3 aromatic rings. The summed E-state index contributed by atoms with van der Waals surface area (Å²) in [4.78, 5) is 0. The summed E-state index contributed by atoms with van der Waals surface area (Å²) in [6.07, 6.45) is 0.169. The summed E-state index contributed by atoms with van der Waals surface area (Å²) in [5.41, 5.74) is 2.12. The van der Waals surface area contributed by atoms with Gasteiger partial charge in [0.15, 0.2) is 28.9 Å². The second kappa shape index (κ2) is 7.30. The van der Waals surface area contributed by atoms with Crippen molar-refractivity contribution in [3.8, 4) is 28.7 Å². The summed E-state index contributed by atoms with van der Waals surface area (Å²) in [6, 6.07) is 7.51. The standard InChI is InChI=1S/C22H22O8/c1-23-17-12-7-8-27-18(12)22(26-4)20-15(17)19(24-2)21(25-3)16(30-20)11-5-6-13-14(9-11)29-10-28-13/h5-9,16,19,21H,10H2,1-4H3. The quantitative estimate of drug-likeness (QED) is 0.620. The largest absolute Gasteiger partial charge is 0.495 e. The van der Waals surface area contributed by atoms with Crippen molar-refractivity contribution < 1.29 is 37.6 Å². The van der Waals surface area contributed by atoms with E-state index in [4.69, 9.17) is 37.6 Å². The highest BCUT2D eigenvalue weighted by molar-refractivity contribution is 5.94. The summed E-state index contributed by atoms with van der Waals surface area (Å²) in [7, 11) is 6.44. The third-order valence-electron chi connectivity index (χ3n) is 5.60. The van der Waals surface area contributed by atoms with E-state index in [1.807, 2.05) is 24.3 Å². The van der Waals surface area contributed by atoms with E-state index >= 15 is 0 Å². The normalized spacial score (nSPS) is 21.9. The molecule has 2 aliphatic rings. The minimum Gasteiger partial charge on any atom is -0.495 e. The van der Waals surface area contributed by atoms with Crippen molar-refractivity contribution in [3.05, 3.63) is 41.7 Å². The second-order valence-corrected chi connectivity index (χ2v) is 6.98. The average Bonchev–Trinajstić information content (AvgIpc) is 3.44. The Morgan fingerprint density at radius 2 is 1.70 bits per heavy atom. The van der Waals surface area contributed by atoms with Gasteiger partial charge >= 0.3 is 0 Å². The summed E-state index contributed by atoms with van der Waals surface area (Å²) in [6.45, 7) is 0.197. The maximum absolute atomic E-state index is 6.49. The van der Waals surface area contributed by atoms with Crippen molar-refractivity contribution in [3.63, 3.8) is 0 Å². The second-order valence-electron chi connectivity index (χ2n) is 6.98. The number of rotatable bonds is 5. The highest BCUT2D eigenvalue weighted by Gasteiger charge is 2.45. The van der Waals surface area contributed by atoms with Gasteiger partial charge in [0.1, 0.15) is 18.0 Å². The Morgan fingerprint density at radius 3 is 2.43 bits per heavy atom. The molecule has 3 atom stereocenters. The molecule has 3 heterocycles. The van der Waals surface area contributed by atoms with Crippen LogP contribution in [-0.2, 0) is 9.47 Å². The molecule has 0 amide bonds. The monoisotopic (exact) mass is 414 g/mol. The average molecular weight is 414 g/mol. The predicted octanol–water partition coefficient (Wildman–Crippen LogP) is 4.01. The molecule has 8 nitrogen and oxygen atoms in total. The van der Waals surface area contributed by atoms with E-state index in [2.05, 4.69) is 0 Å². The van der Waals surface area contributed by atoms with E-state index in [1.165, 1.54) is 0 Å². The molecule has 0 radical (unpaired) electrons. The number of hydrogen-bond acceptors (Lipinski definition) is 8. The van der Waals surface area contributed by atoms with Crippen molar-refractivity contribution in [2.75, 3.05) is 35.2 Å². The Hall–Kier alpha value is -3.10. The smallest absolute Gasteiger partial charge is 0.231 e. The van der Waals surface area contributed by atoms with Gasteiger partial charge in [0.25, 0.3) is 0 Å². The van der Waals surface area contributed by atoms with Gasteiger partial charge in [-0.1, -0.05) is 6.07 Å². The molecule has 0 aliphatic carbocycles. The van der Waals surface area contributed by atoms with Crippen LogP contribution in [0, 0.1) is 0 Å². The van der Waals surface area contributed by atoms with Crippen LogP contribution in [0.1, 0.15) is 23.3 Å². The Labute approximate surface area is 173 Å². The molecule has 5 rings (SSSR count). The number of benzene rings is 2. The van der Waals surface area contributed by atoms with E-state index in [-0.39, 0.29) is 6.79 Å². The molecule has 30 heavy (non-hydrogen) atoms. The third-order valence-corrected chi connectivity index (χ3v) is 5.60. The van der Waals surface area contributed by atoms with Crippen LogP contribution >= 0.6 is 0 Å². The molecule has 158 valence electrons. The molecule has 0 saturated carbocycles. The zero-order valence-electron chi connectivity index (χ0n) is 17.1. The lowest BCUT2D eigenvalue weighted by Gasteiger charge is -2.39.